The molecule has 7 nitrogen and oxygen atoms in total. The van der Waals surface area contributed by atoms with Crippen LogP contribution < -0.4 is 10.6 Å². The molecule has 0 bridgehead atoms. The number of guanidine groups is 1. The SMILES string of the molecule is CN=C(NCc1cccc(-c2ncn[nH]2)c1)NC1CCN(CC(C)C)CC1.I. The highest BCUT2D eigenvalue weighted by Gasteiger charge is 2.20. The third-order valence-corrected chi connectivity index (χ3v) is 4.85. The molecular formula is C20H32IN7. The molecular weight excluding hydrogens is 465 g/mol. The van der Waals surface area contributed by atoms with Gasteiger partial charge in [-0.1, -0.05) is 32.0 Å². The van der Waals surface area contributed by atoms with E-state index in [0.717, 1.165) is 49.2 Å². The molecule has 1 aromatic carbocycles. The third kappa shape index (κ3) is 6.73. The summed E-state index contributed by atoms with van der Waals surface area (Å²) in [5, 5.41) is 13.8. The molecule has 2 heterocycles. The molecule has 0 saturated carbocycles. The number of likely N-dealkylation sites (tertiary alicyclic amines) is 1. The van der Waals surface area contributed by atoms with Gasteiger partial charge in [-0.3, -0.25) is 10.1 Å². The van der Waals surface area contributed by atoms with Gasteiger partial charge in [-0.2, -0.15) is 5.10 Å². The molecule has 154 valence electrons. The first-order valence-corrected chi connectivity index (χ1v) is 9.78. The van der Waals surface area contributed by atoms with Crippen molar-refractivity contribution < 1.29 is 0 Å². The number of aliphatic imine (C=N–C) groups is 1. The molecule has 1 fully saturated rings. The fourth-order valence-electron chi connectivity index (χ4n) is 3.52. The second-order valence-electron chi connectivity index (χ2n) is 7.57. The molecule has 0 aliphatic carbocycles. The van der Waals surface area contributed by atoms with Crippen molar-refractivity contribution in [1.29, 1.82) is 0 Å². The number of hydrogen-bond donors (Lipinski definition) is 3. The van der Waals surface area contributed by atoms with Crippen molar-refractivity contribution in [1.82, 2.24) is 30.7 Å². The summed E-state index contributed by atoms with van der Waals surface area (Å²) in [6.45, 7) is 8.80. The van der Waals surface area contributed by atoms with Crippen LogP contribution in [0.25, 0.3) is 11.4 Å². The summed E-state index contributed by atoms with van der Waals surface area (Å²) in [4.78, 5) is 11.2. The summed E-state index contributed by atoms with van der Waals surface area (Å²) in [6, 6.07) is 8.77. The highest BCUT2D eigenvalue weighted by Crippen LogP contribution is 2.15. The highest BCUT2D eigenvalue weighted by atomic mass is 127. The molecule has 3 N–H and O–H groups in total. The number of benzene rings is 1. The lowest BCUT2D eigenvalue weighted by molar-refractivity contribution is 0.187. The van der Waals surface area contributed by atoms with Gasteiger partial charge in [-0.05, 0) is 30.4 Å². The molecule has 0 atom stereocenters. The molecule has 0 amide bonds. The zero-order chi connectivity index (χ0) is 19.1. The van der Waals surface area contributed by atoms with E-state index in [0.29, 0.717) is 12.6 Å². The minimum absolute atomic E-state index is 0. The topological polar surface area (TPSA) is 81.2 Å². The van der Waals surface area contributed by atoms with Gasteiger partial charge in [0.2, 0.25) is 0 Å². The van der Waals surface area contributed by atoms with Gasteiger partial charge < -0.3 is 15.5 Å². The zero-order valence-electron chi connectivity index (χ0n) is 17.0. The minimum atomic E-state index is 0. The number of piperidine rings is 1. The van der Waals surface area contributed by atoms with Gasteiger partial charge in [0, 0.05) is 44.8 Å². The lowest BCUT2D eigenvalue weighted by Crippen LogP contribution is -2.48. The minimum Gasteiger partial charge on any atom is -0.354 e. The molecule has 3 rings (SSSR count). The molecule has 0 unspecified atom stereocenters. The average Bonchev–Trinajstić information content (AvgIpc) is 3.21. The lowest BCUT2D eigenvalue weighted by atomic mass is 10.0. The van der Waals surface area contributed by atoms with Crippen LogP contribution in [0, 0.1) is 5.92 Å². The molecule has 2 aromatic rings. The van der Waals surface area contributed by atoms with Crippen molar-refractivity contribution in [3.05, 3.63) is 36.2 Å². The summed E-state index contributed by atoms with van der Waals surface area (Å²) in [7, 11) is 1.83. The maximum atomic E-state index is 4.39. The molecule has 1 aromatic heterocycles. The molecule has 8 heteroatoms. The van der Waals surface area contributed by atoms with E-state index >= 15 is 0 Å². The summed E-state index contributed by atoms with van der Waals surface area (Å²) < 4.78 is 0. The van der Waals surface area contributed by atoms with E-state index in [-0.39, 0.29) is 24.0 Å². The lowest BCUT2D eigenvalue weighted by Gasteiger charge is -2.34. The van der Waals surface area contributed by atoms with Gasteiger partial charge in [0.1, 0.15) is 6.33 Å². The van der Waals surface area contributed by atoms with E-state index in [9.17, 15) is 0 Å². The monoisotopic (exact) mass is 497 g/mol. The van der Waals surface area contributed by atoms with Crippen molar-refractivity contribution in [3.8, 4) is 11.4 Å². The van der Waals surface area contributed by atoms with E-state index < -0.39 is 0 Å². The Balaban J connectivity index is 0.00000280. The van der Waals surface area contributed by atoms with Crippen LogP contribution in [-0.4, -0.2) is 58.8 Å². The fourth-order valence-corrected chi connectivity index (χ4v) is 3.52. The molecule has 0 radical (unpaired) electrons. The maximum Gasteiger partial charge on any atom is 0.191 e. The Morgan fingerprint density at radius 1 is 1.32 bits per heavy atom. The molecule has 0 spiro atoms. The van der Waals surface area contributed by atoms with Gasteiger partial charge in [0.15, 0.2) is 11.8 Å². The summed E-state index contributed by atoms with van der Waals surface area (Å²) in [5.41, 5.74) is 2.21. The Kier molecular flexibility index (Phi) is 9.17. The number of rotatable bonds is 6. The van der Waals surface area contributed by atoms with Crippen LogP contribution in [0.2, 0.25) is 0 Å². The smallest absolute Gasteiger partial charge is 0.191 e. The van der Waals surface area contributed by atoms with Crippen molar-refractivity contribution in [2.45, 2.75) is 39.3 Å². The van der Waals surface area contributed by atoms with Crippen LogP contribution in [0.5, 0.6) is 0 Å². The Hall–Kier alpha value is -1.68. The van der Waals surface area contributed by atoms with Crippen LogP contribution >= 0.6 is 24.0 Å². The first-order valence-electron chi connectivity index (χ1n) is 9.78. The average molecular weight is 497 g/mol. The first-order chi connectivity index (χ1) is 13.1. The number of halogens is 1. The van der Waals surface area contributed by atoms with Crippen LogP contribution in [-0.2, 0) is 6.54 Å². The second-order valence-corrected chi connectivity index (χ2v) is 7.57. The predicted octanol–water partition coefficient (Wildman–Crippen LogP) is 2.88. The molecule has 1 saturated heterocycles. The van der Waals surface area contributed by atoms with E-state index in [1.807, 2.05) is 19.2 Å². The van der Waals surface area contributed by atoms with E-state index in [1.54, 1.807) is 0 Å². The van der Waals surface area contributed by atoms with E-state index in [2.05, 4.69) is 61.7 Å². The standard InChI is InChI=1S/C20H31N7.HI/c1-15(2)13-27-9-7-18(8-10-27)25-20(21-3)22-12-16-5-4-6-17(11-16)19-23-14-24-26-19;/h4-6,11,14-15,18H,7-10,12-13H2,1-3H3,(H2,21,22,25)(H,23,24,26);1H. The Morgan fingerprint density at radius 2 is 2.11 bits per heavy atom. The largest absolute Gasteiger partial charge is 0.354 e. The molecule has 28 heavy (non-hydrogen) atoms. The molecule has 1 aliphatic rings. The Labute approximate surface area is 184 Å². The maximum absolute atomic E-state index is 4.39. The number of nitrogens with one attached hydrogen (secondary N) is 3. The van der Waals surface area contributed by atoms with E-state index in [4.69, 9.17) is 0 Å². The van der Waals surface area contributed by atoms with Gasteiger partial charge in [-0.25, -0.2) is 4.98 Å². The normalized spacial score (nSPS) is 16.1. The highest BCUT2D eigenvalue weighted by molar-refractivity contribution is 14.0. The molecule has 1 aliphatic heterocycles. The van der Waals surface area contributed by atoms with Crippen LogP contribution in [0.3, 0.4) is 0 Å². The summed E-state index contributed by atoms with van der Waals surface area (Å²) in [5.74, 6) is 2.38. The Morgan fingerprint density at radius 3 is 2.75 bits per heavy atom. The van der Waals surface area contributed by atoms with Crippen molar-refractivity contribution in [2.24, 2.45) is 10.9 Å². The van der Waals surface area contributed by atoms with Crippen molar-refractivity contribution >= 4 is 29.9 Å². The number of aromatic nitrogens is 3. The van der Waals surface area contributed by atoms with Crippen LogP contribution in [0.4, 0.5) is 0 Å². The van der Waals surface area contributed by atoms with Gasteiger partial charge in [0.05, 0.1) is 0 Å². The predicted molar refractivity (Wildman–Crippen MR) is 125 cm³/mol. The number of nitrogens with zero attached hydrogens (tertiary/aromatic N) is 4. The quantitative estimate of drug-likeness (QED) is 0.325. The van der Waals surface area contributed by atoms with Crippen molar-refractivity contribution in [3.63, 3.8) is 0 Å². The van der Waals surface area contributed by atoms with Gasteiger partial charge in [-0.15, -0.1) is 24.0 Å². The van der Waals surface area contributed by atoms with E-state index in [1.165, 1.54) is 18.4 Å². The van der Waals surface area contributed by atoms with Crippen LogP contribution in [0.15, 0.2) is 35.6 Å². The number of hydrogen-bond acceptors (Lipinski definition) is 4. The van der Waals surface area contributed by atoms with Crippen molar-refractivity contribution in [2.75, 3.05) is 26.7 Å². The summed E-state index contributed by atoms with van der Waals surface area (Å²) >= 11 is 0. The second kappa shape index (κ2) is 11.4. The van der Waals surface area contributed by atoms with Crippen LogP contribution in [0.1, 0.15) is 32.3 Å². The van der Waals surface area contributed by atoms with Gasteiger partial charge in [0.25, 0.3) is 0 Å². The Bertz CT molecular complexity index is 722. The fraction of sp³-hybridized carbons (Fsp3) is 0.550. The number of H-pyrrole nitrogens is 1. The zero-order valence-corrected chi connectivity index (χ0v) is 19.3. The van der Waals surface area contributed by atoms with Gasteiger partial charge >= 0.3 is 0 Å². The number of aromatic amines is 1. The first kappa shape index (κ1) is 22.6. The third-order valence-electron chi connectivity index (χ3n) is 4.85. The summed E-state index contributed by atoms with van der Waals surface area (Å²) in [6.07, 6.45) is 3.85.